The molecule has 2 aromatic rings. The van der Waals surface area contributed by atoms with Gasteiger partial charge in [0, 0.05) is 6.42 Å². The summed E-state index contributed by atoms with van der Waals surface area (Å²) in [5.74, 6) is -0.991. The van der Waals surface area contributed by atoms with Gasteiger partial charge >= 0.3 is 11.9 Å². The van der Waals surface area contributed by atoms with Gasteiger partial charge in [0.25, 0.3) is 0 Å². The molecule has 0 radical (unpaired) electrons. The minimum Gasteiger partial charge on any atom is -0.459 e. The fourth-order valence-electron chi connectivity index (χ4n) is 2.90. The molecule has 0 spiro atoms. The van der Waals surface area contributed by atoms with E-state index < -0.39 is 30.3 Å². The number of aryl methyl sites for hydroxylation is 2. The highest BCUT2D eigenvalue weighted by atomic mass is 16.6. The van der Waals surface area contributed by atoms with Gasteiger partial charge in [0.2, 0.25) is 0 Å². The zero-order valence-electron chi connectivity index (χ0n) is 15.8. The first-order chi connectivity index (χ1) is 13.5. The molecule has 3 rings (SSSR count). The Labute approximate surface area is 163 Å². The van der Waals surface area contributed by atoms with E-state index >= 15 is 0 Å². The predicted octanol–water partition coefficient (Wildman–Crippen LogP) is 3.37. The van der Waals surface area contributed by atoms with Crippen molar-refractivity contribution in [2.45, 2.75) is 38.6 Å². The topological polar surface area (TPSA) is 85.6 Å². The van der Waals surface area contributed by atoms with Crippen molar-refractivity contribution in [2.75, 3.05) is 6.61 Å². The standard InChI is InChI=1S/C22H21NO5/c1-14-3-7-16(8-4-14)21(24)26-13-20-19(11-18(12-23)27-20)28-22(25)17-9-5-15(2)6-10-17/h3-10,18-20H,11,13H2,1-2H3/t18-,19-,20+/m1/s1. The van der Waals surface area contributed by atoms with Gasteiger partial charge in [-0.1, -0.05) is 35.4 Å². The number of hydrogen-bond donors (Lipinski definition) is 0. The van der Waals surface area contributed by atoms with Crippen LogP contribution in [0.3, 0.4) is 0 Å². The minimum absolute atomic E-state index is 0.100. The third-order valence-electron chi connectivity index (χ3n) is 4.56. The molecule has 6 heteroatoms. The number of carbonyl (C=O) groups excluding carboxylic acids is 2. The number of hydrogen-bond acceptors (Lipinski definition) is 6. The third-order valence-corrected chi connectivity index (χ3v) is 4.56. The van der Waals surface area contributed by atoms with Crippen LogP contribution < -0.4 is 0 Å². The van der Waals surface area contributed by atoms with E-state index in [0.717, 1.165) is 11.1 Å². The minimum atomic E-state index is -0.709. The molecule has 1 saturated heterocycles. The summed E-state index contributed by atoms with van der Waals surface area (Å²) in [5, 5.41) is 9.14. The molecule has 28 heavy (non-hydrogen) atoms. The lowest BCUT2D eigenvalue weighted by molar-refractivity contribution is -0.0350. The Morgan fingerprint density at radius 3 is 2.07 bits per heavy atom. The van der Waals surface area contributed by atoms with Gasteiger partial charge in [-0.2, -0.15) is 5.26 Å². The van der Waals surface area contributed by atoms with E-state index in [4.69, 9.17) is 19.5 Å². The quantitative estimate of drug-likeness (QED) is 0.741. The van der Waals surface area contributed by atoms with E-state index in [1.165, 1.54) is 0 Å². The zero-order valence-corrected chi connectivity index (χ0v) is 15.8. The lowest BCUT2D eigenvalue weighted by atomic mass is 10.1. The number of nitrogens with zero attached hydrogens (tertiary/aromatic N) is 1. The van der Waals surface area contributed by atoms with Crippen LogP contribution >= 0.6 is 0 Å². The summed E-state index contributed by atoms with van der Waals surface area (Å²) in [5.41, 5.74) is 2.91. The second-order valence-corrected chi connectivity index (χ2v) is 6.80. The number of rotatable bonds is 5. The van der Waals surface area contributed by atoms with E-state index in [0.29, 0.717) is 11.1 Å². The fourth-order valence-corrected chi connectivity index (χ4v) is 2.90. The summed E-state index contributed by atoms with van der Waals surface area (Å²) in [6.45, 7) is 3.75. The second-order valence-electron chi connectivity index (χ2n) is 6.80. The van der Waals surface area contributed by atoms with Crippen molar-refractivity contribution in [2.24, 2.45) is 0 Å². The molecule has 0 bridgehead atoms. The average Bonchev–Trinajstić information content (AvgIpc) is 3.09. The van der Waals surface area contributed by atoms with Crippen LogP contribution in [-0.4, -0.2) is 36.9 Å². The lowest BCUT2D eigenvalue weighted by Gasteiger charge is -2.19. The summed E-state index contributed by atoms with van der Waals surface area (Å²) in [6.07, 6.45) is -1.82. The van der Waals surface area contributed by atoms with Crippen molar-refractivity contribution in [1.29, 1.82) is 5.26 Å². The Bertz CT molecular complexity index is 883. The molecule has 0 unspecified atom stereocenters. The maximum atomic E-state index is 12.4. The Morgan fingerprint density at radius 2 is 1.54 bits per heavy atom. The molecule has 1 heterocycles. The second kappa shape index (κ2) is 8.68. The van der Waals surface area contributed by atoms with Gasteiger partial charge in [-0.05, 0) is 38.1 Å². The van der Waals surface area contributed by atoms with Crippen molar-refractivity contribution in [1.82, 2.24) is 0 Å². The maximum Gasteiger partial charge on any atom is 0.338 e. The van der Waals surface area contributed by atoms with Crippen molar-refractivity contribution in [3.63, 3.8) is 0 Å². The van der Waals surface area contributed by atoms with E-state index in [1.54, 1.807) is 24.3 Å². The van der Waals surface area contributed by atoms with E-state index in [-0.39, 0.29) is 13.0 Å². The molecule has 6 nitrogen and oxygen atoms in total. The van der Waals surface area contributed by atoms with Gasteiger partial charge in [0.05, 0.1) is 17.2 Å². The number of benzene rings is 2. The molecule has 3 atom stereocenters. The predicted molar refractivity (Wildman–Crippen MR) is 101 cm³/mol. The summed E-state index contributed by atoms with van der Waals surface area (Å²) in [4.78, 5) is 24.6. The normalized spacial score (nSPS) is 21.0. The number of ether oxygens (including phenoxy) is 3. The maximum absolute atomic E-state index is 12.4. The highest BCUT2D eigenvalue weighted by Gasteiger charge is 2.39. The molecule has 0 aromatic heterocycles. The number of carbonyl (C=O) groups is 2. The number of esters is 2. The molecular weight excluding hydrogens is 358 g/mol. The summed E-state index contributed by atoms with van der Waals surface area (Å²) >= 11 is 0. The molecule has 1 aliphatic rings. The van der Waals surface area contributed by atoms with Gasteiger partial charge in [-0.3, -0.25) is 0 Å². The van der Waals surface area contributed by atoms with Crippen LogP contribution in [-0.2, 0) is 14.2 Å². The van der Waals surface area contributed by atoms with Crippen LogP contribution in [0.4, 0.5) is 0 Å². The molecule has 0 aliphatic carbocycles. The largest absolute Gasteiger partial charge is 0.459 e. The molecule has 1 aliphatic heterocycles. The summed E-state index contributed by atoms with van der Waals surface area (Å²) in [7, 11) is 0. The molecule has 2 aromatic carbocycles. The van der Waals surface area contributed by atoms with Crippen LogP contribution in [0, 0.1) is 25.2 Å². The number of nitriles is 1. The Morgan fingerprint density at radius 1 is 1.00 bits per heavy atom. The Balaban J connectivity index is 1.62. The lowest BCUT2D eigenvalue weighted by Crippen LogP contribution is -2.32. The van der Waals surface area contributed by atoms with Crippen LogP contribution in [0.1, 0.15) is 38.3 Å². The van der Waals surface area contributed by atoms with Crippen molar-refractivity contribution in [3.05, 3.63) is 70.8 Å². The van der Waals surface area contributed by atoms with E-state index in [1.807, 2.05) is 44.2 Å². The Hall–Kier alpha value is -3.17. The monoisotopic (exact) mass is 379 g/mol. The smallest absolute Gasteiger partial charge is 0.338 e. The van der Waals surface area contributed by atoms with E-state index in [2.05, 4.69) is 0 Å². The van der Waals surface area contributed by atoms with Gasteiger partial charge < -0.3 is 14.2 Å². The van der Waals surface area contributed by atoms with Gasteiger partial charge in [0.1, 0.15) is 24.9 Å². The summed E-state index contributed by atoms with van der Waals surface area (Å²) in [6, 6.07) is 16.0. The van der Waals surface area contributed by atoms with Gasteiger partial charge in [-0.25, -0.2) is 9.59 Å². The SMILES string of the molecule is Cc1ccc(C(=O)OC[C@@H]2O[C@@H](C#N)C[C@H]2OC(=O)c2ccc(C)cc2)cc1. The van der Waals surface area contributed by atoms with Gasteiger partial charge in [0.15, 0.2) is 0 Å². The Kier molecular flexibility index (Phi) is 6.07. The molecule has 0 amide bonds. The molecule has 144 valence electrons. The first-order valence-corrected chi connectivity index (χ1v) is 9.03. The fraction of sp³-hybridized carbons (Fsp3) is 0.318. The molecule has 0 saturated carbocycles. The first kappa shape index (κ1) is 19.6. The molecule has 0 N–H and O–H groups in total. The van der Waals surface area contributed by atoms with E-state index in [9.17, 15) is 9.59 Å². The first-order valence-electron chi connectivity index (χ1n) is 9.03. The third kappa shape index (κ3) is 4.76. The molecular formula is C22H21NO5. The van der Waals surface area contributed by atoms with Crippen LogP contribution in [0.2, 0.25) is 0 Å². The van der Waals surface area contributed by atoms with Crippen LogP contribution in [0.15, 0.2) is 48.5 Å². The zero-order chi connectivity index (χ0) is 20.1. The highest BCUT2D eigenvalue weighted by molar-refractivity contribution is 5.90. The van der Waals surface area contributed by atoms with Crippen LogP contribution in [0.5, 0.6) is 0 Å². The van der Waals surface area contributed by atoms with Gasteiger partial charge in [-0.15, -0.1) is 0 Å². The van der Waals surface area contributed by atoms with Crippen molar-refractivity contribution < 1.29 is 23.8 Å². The van der Waals surface area contributed by atoms with Crippen LogP contribution in [0.25, 0.3) is 0 Å². The summed E-state index contributed by atoms with van der Waals surface area (Å²) < 4.78 is 16.4. The molecule has 1 fully saturated rings. The average molecular weight is 379 g/mol. The van der Waals surface area contributed by atoms with Crippen molar-refractivity contribution in [3.8, 4) is 6.07 Å². The highest BCUT2D eigenvalue weighted by Crippen LogP contribution is 2.25. The van der Waals surface area contributed by atoms with Crippen molar-refractivity contribution >= 4 is 11.9 Å².